The first-order valence-electron chi connectivity index (χ1n) is 14.5. The predicted molar refractivity (Wildman–Crippen MR) is 165 cm³/mol. The maximum atomic E-state index is 14.2. The van der Waals surface area contributed by atoms with Crippen LogP contribution >= 0.6 is 15.9 Å². The van der Waals surface area contributed by atoms with Crippen LogP contribution in [-0.2, 0) is 26.9 Å². The summed E-state index contributed by atoms with van der Waals surface area (Å²) in [5.74, 6) is -2.62. The zero-order valence-corrected chi connectivity index (χ0v) is 26.7. The number of hydrogen-bond acceptors (Lipinski definition) is 6. The molecule has 1 heterocycles. The lowest BCUT2D eigenvalue weighted by Crippen LogP contribution is -2.52. The van der Waals surface area contributed by atoms with Crippen LogP contribution in [0.15, 0.2) is 53.0 Å². The largest absolute Gasteiger partial charge is 0.451 e. The number of alkyl carbamates (subject to hydrolysis) is 1. The third-order valence-corrected chi connectivity index (χ3v) is 7.98. The number of carbonyl (C=O) groups is 3. The van der Waals surface area contributed by atoms with Crippen molar-refractivity contribution >= 4 is 39.5 Å². The van der Waals surface area contributed by atoms with Gasteiger partial charge >= 0.3 is 12.3 Å². The van der Waals surface area contributed by atoms with Crippen LogP contribution < -0.4 is 16.0 Å². The topological polar surface area (TPSA) is 143 Å². The van der Waals surface area contributed by atoms with E-state index in [2.05, 4.69) is 31.3 Å². The molecular weight excluding hydrogens is 657 g/mol. The maximum absolute atomic E-state index is 14.2. The van der Waals surface area contributed by atoms with Gasteiger partial charge in [0.2, 0.25) is 17.6 Å². The molecule has 0 spiro atoms. The number of nitrogens with zero attached hydrogens (tertiary/aromatic N) is 3. The Balaban J connectivity index is 1.55. The highest BCUT2D eigenvalue weighted by Gasteiger charge is 2.37. The second kappa shape index (κ2) is 14.0. The summed E-state index contributed by atoms with van der Waals surface area (Å²) >= 11 is 3.43. The lowest BCUT2D eigenvalue weighted by molar-refractivity contribution is -0.144. The van der Waals surface area contributed by atoms with Gasteiger partial charge in [-0.25, -0.2) is 9.78 Å². The number of alkyl halides is 3. The van der Waals surface area contributed by atoms with Crippen molar-refractivity contribution in [2.75, 3.05) is 11.4 Å². The van der Waals surface area contributed by atoms with Crippen molar-refractivity contribution in [1.82, 2.24) is 20.5 Å². The number of nitrogens with one attached hydrogen (secondary N) is 2. The molecule has 1 aliphatic rings. The molecule has 0 aliphatic heterocycles. The van der Waals surface area contributed by atoms with Crippen LogP contribution in [0.1, 0.15) is 57.8 Å². The van der Waals surface area contributed by atoms with Gasteiger partial charge in [0, 0.05) is 34.6 Å². The van der Waals surface area contributed by atoms with Crippen molar-refractivity contribution in [2.45, 2.75) is 70.7 Å². The van der Waals surface area contributed by atoms with Gasteiger partial charge in [-0.2, -0.15) is 18.3 Å². The SMILES string of the molecule is CC(C)(C)OC(=O)NCC1CCC(C(=O)N(c2ccc(-c3n[nH]c(C(F)(F)F)n3)cc2)[C@@H](Cc2cccc(Br)c2)C(N)=O)CC1. The third kappa shape index (κ3) is 9.28. The van der Waals surface area contributed by atoms with Crippen molar-refractivity contribution in [1.29, 1.82) is 0 Å². The molecule has 3 amide bonds. The molecule has 1 aromatic heterocycles. The molecule has 242 valence electrons. The number of primary amides is 1. The van der Waals surface area contributed by atoms with Crippen LogP contribution in [0.3, 0.4) is 0 Å². The summed E-state index contributed by atoms with van der Waals surface area (Å²) in [7, 11) is 0. The van der Waals surface area contributed by atoms with Gasteiger partial charge in [0.25, 0.3) is 0 Å². The average molecular weight is 694 g/mol. The van der Waals surface area contributed by atoms with E-state index in [1.807, 2.05) is 29.4 Å². The Morgan fingerprint density at radius 2 is 1.76 bits per heavy atom. The van der Waals surface area contributed by atoms with Gasteiger partial charge in [-0.1, -0.05) is 28.1 Å². The zero-order valence-electron chi connectivity index (χ0n) is 25.2. The Bertz CT molecular complexity index is 1500. The normalized spacial score (nSPS) is 17.8. The summed E-state index contributed by atoms with van der Waals surface area (Å²) in [5.41, 5.74) is 6.72. The highest BCUT2D eigenvalue weighted by Crippen LogP contribution is 2.34. The summed E-state index contributed by atoms with van der Waals surface area (Å²) in [6.07, 6.45) is -2.60. The molecule has 0 bridgehead atoms. The van der Waals surface area contributed by atoms with E-state index in [-0.39, 0.29) is 24.1 Å². The summed E-state index contributed by atoms with van der Waals surface area (Å²) in [4.78, 5) is 44.1. The molecule has 3 aromatic rings. The summed E-state index contributed by atoms with van der Waals surface area (Å²) in [6, 6.07) is 12.4. The van der Waals surface area contributed by atoms with Gasteiger partial charge in [-0.05, 0) is 94.3 Å². The molecule has 14 heteroatoms. The number of H-pyrrole nitrogens is 1. The molecule has 1 aliphatic carbocycles. The third-order valence-electron chi connectivity index (χ3n) is 7.48. The van der Waals surface area contributed by atoms with E-state index in [1.54, 1.807) is 32.9 Å². The number of carbonyl (C=O) groups excluding carboxylic acids is 3. The van der Waals surface area contributed by atoms with Crippen molar-refractivity contribution in [3.05, 3.63) is 64.4 Å². The van der Waals surface area contributed by atoms with Gasteiger partial charge in [-0.3, -0.25) is 19.6 Å². The molecule has 45 heavy (non-hydrogen) atoms. The number of hydrogen-bond donors (Lipinski definition) is 3. The van der Waals surface area contributed by atoms with E-state index >= 15 is 0 Å². The molecule has 4 N–H and O–H groups in total. The number of nitrogens with two attached hydrogens (primary N) is 1. The highest BCUT2D eigenvalue weighted by molar-refractivity contribution is 9.10. The van der Waals surface area contributed by atoms with E-state index in [4.69, 9.17) is 10.5 Å². The highest BCUT2D eigenvalue weighted by atomic mass is 79.9. The zero-order chi connectivity index (χ0) is 32.9. The molecule has 4 rings (SSSR count). The number of anilines is 1. The minimum absolute atomic E-state index is 0.146. The quantitative estimate of drug-likeness (QED) is 0.251. The standard InChI is InChI=1S/C31H36BrF3N6O4/c1-30(2,3)45-29(44)37-17-18-7-9-21(10-8-18)27(43)41(24(25(36)42)16-19-5-4-6-22(32)15-19)23-13-11-20(12-14-23)26-38-28(40-39-26)31(33,34)35/h4-6,11-15,18,21,24H,7-10,16-17H2,1-3H3,(H2,36,42)(H,37,44)(H,38,39,40)/t18?,21?,24-/m0/s1. The van der Waals surface area contributed by atoms with Crippen LogP contribution in [0, 0.1) is 11.8 Å². The molecule has 0 radical (unpaired) electrons. The molecule has 0 unspecified atom stereocenters. The number of benzene rings is 2. The maximum Gasteiger partial charge on any atom is 0.451 e. The van der Waals surface area contributed by atoms with E-state index in [9.17, 15) is 27.6 Å². The Morgan fingerprint density at radius 1 is 1.09 bits per heavy atom. The number of amides is 3. The van der Waals surface area contributed by atoms with Gasteiger partial charge in [0.05, 0.1) is 0 Å². The van der Waals surface area contributed by atoms with Crippen molar-refractivity contribution in [3.8, 4) is 11.4 Å². The second-order valence-electron chi connectivity index (χ2n) is 12.1. The summed E-state index contributed by atoms with van der Waals surface area (Å²) in [5, 5.41) is 8.35. The van der Waals surface area contributed by atoms with Crippen LogP contribution in [-0.4, -0.2) is 51.3 Å². The first kappa shape index (κ1) is 33.9. The van der Waals surface area contributed by atoms with Crippen molar-refractivity contribution in [2.24, 2.45) is 17.6 Å². The van der Waals surface area contributed by atoms with Gasteiger partial charge in [0.1, 0.15) is 11.6 Å². The fourth-order valence-electron chi connectivity index (χ4n) is 5.31. The van der Waals surface area contributed by atoms with Crippen molar-refractivity contribution < 1.29 is 32.3 Å². The minimum atomic E-state index is -4.68. The second-order valence-corrected chi connectivity index (χ2v) is 13.0. The average Bonchev–Trinajstić information content (AvgIpc) is 3.47. The number of ether oxygens (including phenoxy) is 1. The minimum Gasteiger partial charge on any atom is -0.444 e. The summed E-state index contributed by atoms with van der Waals surface area (Å²) in [6.45, 7) is 5.79. The van der Waals surface area contributed by atoms with Crippen LogP contribution in [0.5, 0.6) is 0 Å². The Hall–Kier alpha value is -3.94. The molecule has 1 atom stereocenters. The number of rotatable bonds is 9. The van der Waals surface area contributed by atoms with Gasteiger partial charge in [0.15, 0.2) is 5.82 Å². The fraction of sp³-hybridized carbons (Fsp3) is 0.452. The smallest absolute Gasteiger partial charge is 0.444 e. The van der Waals surface area contributed by atoms with Crippen LogP contribution in [0.2, 0.25) is 0 Å². The van der Waals surface area contributed by atoms with E-state index in [1.165, 1.54) is 17.0 Å². The fourth-order valence-corrected chi connectivity index (χ4v) is 5.75. The number of aromatic amines is 1. The van der Waals surface area contributed by atoms with E-state index in [0.29, 0.717) is 43.5 Å². The predicted octanol–water partition coefficient (Wildman–Crippen LogP) is 6.01. The lowest BCUT2D eigenvalue weighted by atomic mass is 9.81. The molecule has 1 saturated carbocycles. The van der Waals surface area contributed by atoms with Gasteiger partial charge < -0.3 is 15.8 Å². The number of halogens is 4. The Morgan fingerprint density at radius 3 is 2.31 bits per heavy atom. The molecule has 0 saturated heterocycles. The lowest BCUT2D eigenvalue weighted by Gasteiger charge is -2.36. The van der Waals surface area contributed by atoms with E-state index < -0.39 is 41.6 Å². The molecule has 10 nitrogen and oxygen atoms in total. The molecular formula is C31H36BrF3N6O4. The Kier molecular flexibility index (Phi) is 10.6. The van der Waals surface area contributed by atoms with Gasteiger partial charge in [-0.15, -0.1) is 0 Å². The monoisotopic (exact) mass is 692 g/mol. The first-order valence-corrected chi connectivity index (χ1v) is 15.3. The molecule has 2 aromatic carbocycles. The Labute approximate surface area is 267 Å². The number of aromatic nitrogens is 3. The van der Waals surface area contributed by atoms with Crippen LogP contribution in [0.4, 0.5) is 23.7 Å². The first-order chi connectivity index (χ1) is 21.1. The van der Waals surface area contributed by atoms with E-state index in [0.717, 1.165) is 10.0 Å². The van der Waals surface area contributed by atoms with Crippen LogP contribution in [0.25, 0.3) is 11.4 Å². The van der Waals surface area contributed by atoms with Crippen molar-refractivity contribution in [3.63, 3.8) is 0 Å². The molecule has 1 fully saturated rings. The summed E-state index contributed by atoms with van der Waals surface area (Å²) < 4.78 is 45.2.